The van der Waals surface area contributed by atoms with Crippen molar-refractivity contribution in [3.8, 4) is 0 Å². The van der Waals surface area contributed by atoms with Gasteiger partial charge in [-0.3, -0.25) is 9.69 Å². The van der Waals surface area contributed by atoms with Crippen LogP contribution in [0.2, 0.25) is 0 Å². The molecule has 2 atom stereocenters. The number of nitrogens with one attached hydrogen (secondary N) is 1. The summed E-state index contributed by atoms with van der Waals surface area (Å²) in [6, 6.07) is 0.177. The maximum Gasteiger partial charge on any atom is 0.417 e. The van der Waals surface area contributed by atoms with Crippen LogP contribution in [-0.2, 0) is 17.1 Å². The first-order valence-corrected chi connectivity index (χ1v) is 10.5. The Bertz CT molecular complexity index is 828. The van der Waals surface area contributed by atoms with Gasteiger partial charge in [0, 0.05) is 12.6 Å². The van der Waals surface area contributed by atoms with Crippen molar-refractivity contribution in [2.45, 2.75) is 62.5 Å². The van der Waals surface area contributed by atoms with E-state index in [-0.39, 0.29) is 24.3 Å². The molecule has 0 radical (unpaired) electrons. The van der Waals surface area contributed by atoms with Gasteiger partial charge < -0.3 is 10.1 Å². The molecule has 2 aliphatic heterocycles. The fraction of sp³-hybridized carbons (Fsp3) is 0.667. The average molecular weight is 450 g/mol. The van der Waals surface area contributed by atoms with Gasteiger partial charge in [-0.15, -0.1) is 0 Å². The van der Waals surface area contributed by atoms with Crippen LogP contribution < -0.4 is 5.32 Å². The third kappa shape index (κ3) is 4.84. The van der Waals surface area contributed by atoms with Crippen LogP contribution in [0.25, 0.3) is 0 Å². The van der Waals surface area contributed by atoms with Crippen LogP contribution >= 0.6 is 0 Å². The Balaban J connectivity index is 1.69. The van der Waals surface area contributed by atoms with E-state index in [0.29, 0.717) is 31.9 Å². The minimum absolute atomic E-state index is 0.0517. The zero-order valence-electron chi connectivity index (χ0n) is 16.8. The van der Waals surface area contributed by atoms with E-state index in [2.05, 4.69) is 10.2 Å². The number of halogens is 6. The number of alkyl halides is 6. The van der Waals surface area contributed by atoms with Gasteiger partial charge >= 0.3 is 12.4 Å². The van der Waals surface area contributed by atoms with Crippen molar-refractivity contribution >= 4 is 5.91 Å². The van der Waals surface area contributed by atoms with Gasteiger partial charge in [-0.05, 0) is 68.8 Å². The normalized spacial score (nSPS) is 25.6. The van der Waals surface area contributed by atoms with E-state index >= 15 is 0 Å². The largest absolute Gasteiger partial charge is 0.417 e. The number of nitrogens with zero attached hydrogens (tertiary/aromatic N) is 1. The van der Waals surface area contributed by atoms with Crippen molar-refractivity contribution in [3.05, 3.63) is 34.4 Å². The zero-order valence-corrected chi connectivity index (χ0v) is 16.8. The van der Waals surface area contributed by atoms with Crippen molar-refractivity contribution in [2.24, 2.45) is 0 Å². The van der Waals surface area contributed by atoms with Crippen molar-refractivity contribution in [3.63, 3.8) is 0 Å². The second-order valence-corrected chi connectivity index (χ2v) is 8.51. The molecule has 1 aliphatic carbocycles. The van der Waals surface area contributed by atoms with E-state index in [0.717, 1.165) is 25.9 Å². The molecule has 4 nitrogen and oxygen atoms in total. The molecule has 2 heterocycles. The van der Waals surface area contributed by atoms with Gasteiger partial charge in [0.2, 0.25) is 0 Å². The van der Waals surface area contributed by atoms with Gasteiger partial charge in [0.25, 0.3) is 5.91 Å². The van der Waals surface area contributed by atoms with E-state index in [1.165, 1.54) is 0 Å². The van der Waals surface area contributed by atoms with Gasteiger partial charge in [-0.2, -0.15) is 26.3 Å². The first-order valence-electron chi connectivity index (χ1n) is 10.5. The Morgan fingerprint density at radius 3 is 2.26 bits per heavy atom. The molecule has 3 aliphatic rings. The molecule has 1 aromatic carbocycles. The summed E-state index contributed by atoms with van der Waals surface area (Å²) in [5.41, 5.74) is -3.77. The summed E-state index contributed by atoms with van der Waals surface area (Å²) >= 11 is 0. The van der Waals surface area contributed by atoms with Crippen molar-refractivity contribution in [1.29, 1.82) is 0 Å². The van der Waals surface area contributed by atoms with Crippen LogP contribution in [0.1, 0.15) is 65.1 Å². The minimum atomic E-state index is -5.09. The van der Waals surface area contributed by atoms with Gasteiger partial charge in [0.1, 0.15) is 0 Å². The lowest BCUT2D eigenvalue weighted by molar-refractivity contribution is -0.143. The highest BCUT2D eigenvalue weighted by Crippen LogP contribution is 2.47. The predicted octanol–water partition coefficient (Wildman–Crippen LogP) is 4.58. The summed E-state index contributed by atoms with van der Waals surface area (Å²) < 4.78 is 86.5. The lowest BCUT2D eigenvalue weighted by atomic mass is 9.92. The highest BCUT2D eigenvalue weighted by atomic mass is 19.4. The first kappa shape index (κ1) is 22.4. The number of carbonyl (C=O) groups excluding carboxylic acids is 1. The molecule has 0 unspecified atom stereocenters. The van der Waals surface area contributed by atoms with Crippen LogP contribution in [0.4, 0.5) is 26.3 Å². The highest BCUT2D eigenvalue weighted by Gasteiger charge is 2.44. The van der Waals surface area contributed by atoms with Gasteiger partial charge in [-0.25, -0.2) is 0 Å². The number of ether oxygens (including phenoxy) is 1. The minimum Gasteiger partial charge on any atom is -0.379 e. The second kappa shape index (κ2) is 8.27. The molecule has 31 heavy (non-hydrogen) atoms. The van der Waals surface area contributed by atoms with Gasteiger partial charge in [-0.1, -0.05) is 0 Å². The predicted molar refractivity (Wildman–Crippen MR) is 99.7 cm³/mol. The van der Waals surface area contributed by atoms with Crippen LogP contribution in [0.3, 0.4) is 0 Å². The fourth-order valence-corrected chi connectivity index (χ4v) is 4.64. The Morgan fingerprint density at radius 1 is 1.00 bits per heavy atom. The summed E-state index contributed by atoms with van der Waals surface area (Å²) in [5.74, 6) is -1.45. The molecular weight excluding hydrogens is 426 g/mol. The molecule has 172 valence electrons. The van der Waals surface area contributed by atoms with Crippen molar-refractivity contribution in [1.82, 2.24) is 10.2 Å². The van der Waals surface area contributed by atoms with Crippen LogP contribution in [0, 0.1) is 0 Å². The molecular formula is C21H24F6N2O2. The van der Waals surface area contributed by atoms with Crippen molar-refractivity contribution in [2.75, 3.05) is 26.3 Å². The van der Waals surface area contributed by atoms with E-state index in [9.17, 15) is 31.1 Å². The van der Waals surface area contributed by atoms with Crippen LogP contribution in [0.5, 0.6) is 0 Å². The molecule has 0 aromatic heterocycles. The summed E-state index contributed by atoms with van der Waals surface area (Å²) in [6.07, 6.45) is -6.43. The highest BCUT2D eigenvalue weighted by molar-refractivity contribution is 5.98. The van der Waals surface area contributed by atoms with E-state index < -0.39 is 46.9 Å². The van der Waals surface area contributed by atoms with Crippen molar-refractivity contribution < 1.29 is 35.9 Å². The number of hydrogen-bond acceptors (Lipinski definition) is 3. The summed E-state index contributed by atoms with van der Waals surface area (Å²) in [5, 5.41) is 2.67. The van der Waals surface area contributed by atoms with Crippen LogP contribution in [-0.4, -0.2) is 49.2 Å². The second-order valence-electron chi connectivity index (χ2n) is 8.51. The maximum absolute atomic E-state index is 13.8. The molecule has 0 spiro atoms. The molecule has 10 heteroatoms. The molecule has 4 rings (SSSR count). The summed E-state index contributed by atoms with van der Waals surface area (Å²) in [6.45, 7) is 2.35. The number of benzene rings is 1. The summed E-state index contributed by atoms with van der Waals surface area (Å²) in [4.78, 5) is 15.3. The number of hydrogen-bond donors (Lipinski definition) is 1. The quantitative estimate of drug-likeness (QED) is 0.683. The zero-order chi connectivity index (χ0) is 22.4. The SMILES string of the molecule is O=C(N[C@H]1COCC[C@@H]1N1CCCC1)c1c(C2CC2)cc(C(F)(F)F)cc1C(F)(F)F. The molecule has 1 aromatic rings. The Morgan fingerprint density at radius 2 is 1.68 bits per heavy atom. The standard InChI is InChI=1S/C21H24F6N2O2/c22-20(23,24)13-9-14(12-3-4-12)18(15(10-13)21(25,26)27)19(30)28-16-11-31-8-5-17(16)29-6-1-2-7-29/h9-10,12,16-17H,1-8,11H2,(H,28,30)/t16-,17-/m0/s1. The van der Waals surface area contributed by atoms with Gasteiger partial charge in [0.05, 0.1) is 29.3 Å². The topological polar surface area (TPSA) is 41.6 Å². The molecule has 0 bridgehead atoms. The van der Waals surface area contributed by atoms with E-state index in [4.69, 9.17) is 4.74 Å². The third-order valence-corrected chi connectivity index (χ3v) is 6.29. The Labute approximate surface area is 175 Å². The monoisotopic (exact) mass is 450 g/mol. The Kier molecular flexibility index (Phi) is 5.97. The number of rotatable bonds is 4. The van der Waals surface area contributed by atoms with Crippen LogP contribution in [0.15, 0.2) is 12.1 Å². The third-order valence-electron chi connectivity index (χ3n) is 6.29. The molecule has 2 saturated heterocycles. The smallest absolute Gasteiger partial charge is 0.379 e. The molecule has 1 amide bonds. The first-order chi connectivity index (χ1) is 14.6. The average Bonchev–Trinajstić information content (AvgIpc) is 3.40. The van der Waals surface area contributed by atoms with Gasteiger partial charge in [0.15, 0.2) is 0 Å². The lowest BCUT2D eigenvalue weighted by Crippen LogP contribution is -2.56. The van der Waals surface area contributed by atoms with E-state index in [1.54, 1.807) is 0 Å². The lowest BCUT2D eigenvalue weighted by Gasteiger charge is -2.38. The summed E-state index contributed by atoms with van der Waals surface area (Å²) in [7, 11) is 0. The number of likely N-dealkylation sites (tertiary alicyclic amines) is 1. The molecule has 1 N–H and O–H groups in total. The maximum atomic E-state index is 13.8. The Hall–Kier alpha value is -1.81. The van der Waals surface area contributed by atoms with E-state index in [1.807, 2.05) is 0 Å². The fourth-order valence-electron chi connectivity index (χ4n) is 4.64. The molecule has 3 fully saturated rings. The molecule has 1 saturated carbocycles. The number of amides is 1. The number of carbonyl (C=O) groups is 1.